The fraction of sp³-hybridized carbons (Fsp3) is 0.667. The van der Waals surface area contributed by atoms with E-state index in [1.54, 1.807) is 0 Å². The van der Waals surface area contributed by atoms with Gasteiger partial charge in [-0.15, -0.1) is 0 Å². The first-order valence-corrected chi connectivity index (χ1v) is 24.5. The molecule has 4 fully saturated rings. The third-order valence-corrected chi connectivity index (χ3v) is 15.7. The molecule has 0 nitrogen and oxygen atoms in total. The second-order valence-electron chi connectivity index (χ2n) is 10.6. The molecule has 5 aliphatic rings. The van der Waals surface area contributed by atoms with Crippen LogP contribution in [0.2, 0.25) is 0 Å². The van der Waals surface area contributed by atoms with Gasteiger partial charge in [0, 0.05) is 28.3 Å². The van der Waals surface area contributed by atoms with E-state index in [9.17, 15) is 0 Å². The van der Waals surface area contributed by atoms with Crippen LogP contribution >= 0.6 is 113 Å². The Labute approximate surface area is 309 Å². The topological polar surface area (TPSA) is 0 Å². The first-order chi connectivity index (χ1) is 17.2. The molecule has 1 aromatic carbocycles. The second-order valence-corrected chi connectivity index (χ2v) is 20.7. The van der Waals surface area contributed by atoms with Gasteiger partial charge in [0.1, 0.15) is 0 Å². The summed E-state index contributed by atoms with van der Waals surface area (Å²) < 4.78 is 2.27. The summed E-state index contributed by atoms with van der Waals surface area (Å²) in [7, 11) is 9.87. The zero-order valence-corrected chi connectivity index (χ0v) is 35.7. The van der Waals surface area contributed by atoms with Gasteiger partial charge in [0.15, 0.2) is 0 Å². The Morgan fingerprint density at radius 1 is 0.641 bits per heavy atom. The Morgan fingerprint density at radius 2 is 0.974 bits per heavy atom. The van der Waals surface area contributed by atoms with E-state index in [4.69, 9.17) is 17.0 Å². The molecular formula is C30H44Br6Cl2Zr. The van der Waals surface area contributed by atoms with Crippen LogP contribution in [-0.2, 0) is 27.3 Å². The molecule has 8 atom stereocenters. The Bertz CT molecular complexity index is 791. The van der Waals surface area contributed by atoms with Crippen molar-refractivity contribution >= 4 is 119 Å². The van der Waals surface area contributed by atoms with Crippen molar-refractivity contribution in [2.75, 3.05) is 0 Å². The van der Waals surface area contributed by atoms with E-state index in [0.29, 0.717) is 0 Å². The van der Waals surface area contributed by atoms with Crippen LogP contribution in [0.25, 0.3) is 6.08 Å². The third-order valence-electron chi connectivity index (χ3n) is 8.35. The van der Waals surface area contributed by atoms with Crippen LogP contribution in [-0.4, -0.2) is 19.3 Å². The molecule has 5 aliphatic carbocycles. The number of rotatable bonds is 0. The minimum absolute atomic E-state index is 0. The van der Waals surface area contributed by atoms with E-state index < -0.39 is 20.8 Å². The zero-order valence-electron chi connectivity index (χ0n) is 22.2. The molecule has 0 amide bonds. The summed E-state index contributed by atoms with van der Waals surface area (Å²) in [5.41, 5.74) is 2.74. The van der Waals surface area contributed by atoms with Gasteiger partial charge in [-0.3, -0.25) is 0 Å². The number of alkyl halides is 4. The molecule has 224 valence electrons. The van der Waals surface area contributed by atoms with Gasteiger partial charge < -0.3 is 14.9 Å². The van der Waals surface area contributed by atoms with Gasteiger partial charge in [-0.2, -0.15) is 0 Å². The van der Waals surface area contributed by atoms with Crippen LogP contribution in [0.1, 0.15) is 82.8 Å². The average molecular weight is 1050 g/mol. The average Bonchev–Trinajstić information content (AvgIpc) is 3.58. The van der Waals surface area contributed by atoms with Crippen LogP contribution in [0.5, 0.6) is 0 Å². The standard InChI is InChI=1S/2C9H14Br2.C9H6Br2.CH4.2CH3.2ClH.Zr/c3*10-8-4-6-2-1-3-7(6)5-9(8)11;;;;;;/h2*6-9H,1-5H2;1-2,4-5H,3H2;1H4;2*1H3;2*1H;/q;;;;2*-1;;;+4/p-2. The number of hydrogen-bond donors (Lipinski definition) is 0. The number of halogens is 8. The van der Waals surface area contributed by atoms with Gasteiger partial charge in [-0.05, 0) is 111 Å². The predicted octanol–water partition coefficient (Wildman–Crippen LogP) is 14.1. The SMILES string of the molecule is BrC1CC2CCCC2CC1Br.BrC1CC2CCCC2CC1Br.Brc1cc2c(cc1Br)CC=C2.C.[CH3-].[CH3-].[Cl][Zr+2][Cl]. The normalized spacial score (nSPS) is 32.7. The maximum atomic E-state index is 4.93. The maximum absolute atomic E-state index is 4.93. The molecule has 0 saturated heterocycles. The van der Waals surface area contributed by atoms with Crippen LogP contribution < -0.4 is 0 Å². The predicted molar refractivity (Wildman–Crippen MR) is 197 cm³/mol. The van der Waals surface area contributed by atoms with Crippen LogP contribution in [0, 0.1) is 38.5 Å². The molecule has 0 radical (unpaired) electrons. The van der Waals surface area contributed by atoms with Gasteiger partial charge in [0.2, 0.25) is 0 Å². The van der Waals surface area contributed by atoms with E-state index in [2.05, 4.69) is 120 Å². The van der Waals surface area contributed by atoms with E-state index >= 15 is 0 Å². The Balaban J connectivity index is 0.000000510. The van der Waals surface area contributed by atoms with Crippen molar-refractivity contribution < 1.29 is 20.8 Å². The summed E-state index contributed by atoms with van der Waals surface area (Å²) in [6.45, 7) is 0. The molecule has 4 saturated carbocycles. The van der Waals surface area contributed by atoms with Gasteiger partial charge in [-0.1, -0.05) is 122 Å². The van der Waals surface area contributed by atoms with E-state index in [1.165, 1.54) is 75.3 Å². The molecule has 0 heterocycles. The van der Waals surface area contributed by atoms with Gasteiger partial charge >= 0.3 is 37.9 Å². The van der Waals surface area contributed by atoms with Crippen LogP contribution in [0.3, 0.4) is 0 Å². The molecule has 0 spiro atoms. The summed E-state index contributed by atoms with van der Waals surface area (Å²) in [6, 6.07) is 4.31. The summed E-state index contributed by atoms with van der Waals surface area (Å²) in [4.78, 5) is 2.95. The summed E-state index contributed by atoms with van der Waals surface area (Å²) in [6.07, 6.45) is 20.0. The Hall–Kier alpha value is 3.30. The fourth-order valence-corrected chi connectivity index (χ4v) is 10.0. The first kappa shape index (κ1) is 42.3. The Morgan fingerprint density at radius 3 is 1.33 bits per heavy atom. The number of allylic oxidation sites excluding steroid dienone is 1. The summed E-state index contributed by atoms with van der Waals surface area (Å²) >= 11 is 21.1. The first-order valence-electron chi connectivity index (χ1n) is 12.9. The molecule has 1 aromatic rings. The summed E-state index contributed by atoms with van der Waals surface area (Å²) in [5.74, 6) is 4.20. The number of hydrogen-bond acceptors (Lipinski definition) is 0. The number of fused-ring (bicyclic) bond motifs is 3. The van der Waals surface area contributed by atoms with Gasteiger partial charge in [-0.25, -0.2) is 0 Å². The van der Waals surface area contributed by atoms with E-state index in [1.807, 2.05) is 0 Å². The van der Waals surface area contributed by atoms with Crippen molar-refractivity contribution in [3.8, 4) is 0 Å². The van der Waals surface area contributed by atoms with Crippen molar-refractivity contribution in [3.05, 3.63) is 53.1 Å². The third kappa shape index (κ3) is 13.3. The molecule has 0 N–H and O–H groups in total. The molecule has 0 aromatic heterocycles. The molecule has 39 heavy (non-hydrogen) atoms. The fourth-order valence-electron chi connectivity index (χ4n) is 6.46. The number of benzene rings is 1. The molecule has 9 heteroatoms. The van der Waals surface area contributed by atoms with Crippen LogP contribution in [0.15, 0.2) is 27.2 Å². The van der Waals surface area contributed by atoms with Crippen molar-refractivity contribution in [1.82, 2.24) is 0 Å². The molecular weight excluding hydrogens is 1000 g/mol. The van der Waals surface area contributed by atoms with Gasteiger partial charge in [0.05, 0.1) is 0 Å². The van der Waals surface area contributed by atoms with Crippen molar-refractivity contribution in [1.29, 1.82) is 0 Å². The van der Waals surface area contributed by atoms with Crippen molar-refractivity contribution in [2.45, 2.75) is 97.4 Å². The Kier molecular flexibility index (Phi) is 23.8. The van der Waals surface area contributed by atoms with Crippen molar-refractivity contribution in [3.63, 3.8) is 0 Å². The monoisotopic (exact) mass is 1040 g/mol. The van der Waals surface area contributed by atoms with Crippen LogP contribution in [0.4, 0.5) is 0 Å². The molecule has 0 bridgehead atoms. The zero-order chi connectivity index (χ0) is 26.2. The molecule has 0 aliphatic heterocycles. The van der Waals surface area contributed by atoms with Gasteiger partial charge in [0.25, 0.3) is 0 Å². The molecule has 6 rings (SSSR count). The second kappa shape index (κ2) is 21.9. The van der Waals surface area contributed by atoms with Crippen molar-refractivity contribution in [2.24, 2.45) is 23.7 Å². The quantitative estimate of drug-likeness (QED) is 0.179. The van der Waals surface area contributed by atoms with E-state index in [-0.39, 0.29) is 22.3 Å². The van der Waals surface area contributed by atoms with E-state index in [0.717, 1.165) is 58.3 Å². The summed E-state index contributed by atoms with van der Waals surface area (Å²) in [5, 5.41) is 0. The minimum atomic E-state index is -0.826. The molecule has 8 unspecified atom stereocenters.